The summed E-state index contributed by atoms with van der Waals surface area (Å²) in [5.74, 6) is 1.26. The topological polar surface area (TPSA) is 30.5 Å². The van der Waals surface area contributed by atoms with E-state index in [2.05, 4.69) is 5.32 Å². The second-order valence-corrected chi connectivity index (χ2v) is 4.52. The minimum atomic E-state index is -0.235. The summed E-state index contributed by atoms with van der Waals surface area (Å²) in [6.45, 7) is 2.67. The fraction of sp³-hybridized carbons (Fsp3) is 0.200. The minimum Gasteiger partial charge on any atom is -0.454 e. The van der Waals surface area contributed by atoms with Gasteiger partial charge in [-0.3, -0.25) is 0 Å². The van der Waals surface area contributed by atoms with E-state index in [4.69, 9.17) is 9.47 Å². The highest BCUT2D eigenvalue weighted by Gasteiger charge is 2.13. The molecule has 1 aliphatic rings. The van der Waals surface area contributed by atoms with Gasteiger partial charge in [-0.2, -0.15) is 0 Å². The van der Waals surface area contributed by atoms with Gasteiger partial charge in [0.2, 0.25) is 6.79 Å². The maximum absolute atomic E-state index is 13.7. The molecule has 0 unspecified atom stereocenters. The molecule has 0 radical (unpaired) electrons. The molecule has 4 heteroatoms. The number of aryl methyl sites for hydroxylation is 1. The van der Waals surface area contributed by atoms with Gasteiger partial charge in [0.1, 0.15) is 5.82 Å². The van der Waals surface area contributed by atoms with Crippen molar-refractivity contribution >= 4 is 5.69 Å². The highest BCUT2D eigenvalue weighted by Crippen LogP contribution is 2.32. The van der Waals surface area contributed by atoms with Crippen LogP contribution < -0.4 is 14.8 Å². The molecule has 1 heterocycles. The number of rotatable bonds is 3. The van der Waals surface area contributed by atoms with E-state index >= 15 is 0 Å². The lowest BCUT2D eigenvalue weighted by atomic mass is 10.2. The smallest absolute Gasteiger partial charge is 0.231 e. The monoisotopic (exact) mass is 259 g/mol. The Kier molecular flexibility index (Phi) is 2.99. The van der Waals surface area contributed by atoms with Gasteiger partial charge in [-0.15, -0.1) is 0 Å². The predicted octanol–water partition coefficient (Wildman–Crippen LogP) is 3.47. The minimum absolute atomic E-state index is 0.235. The first-order chi connectivity index (χ1) is 9.22. The summed E-state index contributed by atoms with van der Waals surface area (Å²) in [4.78, 5) is 0. The number of ether oxygens (including phenoxy) is 2. The van der Waals surface area contributed by atoms with E-state index in [1.54, 1.807) is 6.07 Å². The largest absolute Gasteiger partial charge is 0.454 e. The van der Waals surface area contributed by atoms with Gasteiger partial charge in [0, 0.05) is 6.54 Å². The van der Waals surface area contributed by atoms with Gasteiger partial charge in [-0.1, -0.05) is 12.1 Å². The van der Waals surface area contributed by atoms with E-state index in [-0.39, 0.29) is 12.6 Å². The van der Waals surface area contributed by atoms with E-state index in [1.165, 1.54) is 6.07 Å². The Hall–Kier alpha value is -2.23. The third kappa shape index (κ3) is 2.47. The predicted molar refractivity (Wildman–Crippen MR) is 71.0 cm³/mol. The molecule has 0 bridgehead atoms. The molecule has 0 aromatic heterocycles. The number of hydrogen-bond donors (Lipinski definition) is 1. The van der Waals surface area contributed by atoms with Crippen LogP contribution in [-0.4, -0.2) is 6.79 Å². The van der Waals surface area contributed by atoms with Crippen LogP contribution in [0.5, 0.6) is 11.5 Å². The molecule has 0 spiro atoms. The maximum Gasteiger partial charge on any atom is 0.231 e. The Balaban J connectivity index is 1.72. The molecule has 0 saturated heterocycles. The molecule has 1 N–H and O–H groups in total. The SMILES string of the molecule is Cc1ccc(NCc2ccc3c(c2)OCO3)c(F)c1. The lowest BCUT2D eigenvalue weighted by Gasteiger charge is -2.08. The summed E-state index contributed by atoms with van der Waals surface area (Å²) in [6.07, 6.45) is 0. The van der Waals surface area contributed by atoms with Gasteiger partial charge in [0.25, 0.3) is 0 Å². The number of benzene rings is 2. The molecule has 98 valence electrons. The summed E-state index contributed by atoms with van der Waals surface area (Å²) in [6, 6.07) is 10.9. The van der Waals surface area contributed by atoms with E-state index in [0.717, 1.165) is 22.6 Å². The molecule has 0 amide bonds. The fourth-order valence-corrected chi connectivity index (χ4v) is 2.01. The van der Waals surface area contributed by atoms with Crippen molar-refractivity contribution < 1.29 is 13.9 Å². The Morgan fingerprint density at radius 2 is 1.95 bits per heavy atom. The van der Waals surface area contributed by atoms with Crippen molar-refractivity contribution in [3.05, 3.63) is 53.3 Å². The number of halogens is 1. The summed E-state index contributed by atoms with van der Waals surface area (Å²) in [7, 11) is 0. The molecule has 0 fully saturated rings. The summed E-state index contributed by atoms with van der Waals surface area (Å²) in [5.41, 5.74) is 2.43. The molecule has 2 aromatic carbocycles. The van der Waals surface area contributed by atoms with Crippen molar-refractivity contribution in [2.24, 2.45) is 0 Å². The molecule has 3 nitrogen and oxygen atoms in total. The van der Waals surface area contributed by atoms with Gasteiger partial charge in [0.15, 0.2) is 11.5 Å². The first-order valence-electron chi connectivity index (χ1n) is 6.11. The number of nitrogens with one attached hydrogen (secondary N) is 1. The Morgan fingerprint density at radius 1 is 1.11 bits per heavy atom. The van der Waals surface area contributed by atoms with E-state index < -0.39 is 0 Å². The zero-order valence-corrected chi connectivity index (χ0v) is 10.6. The van der Waals surface area contributed by atoms with Gasteiger partial charge in [-0.25, -0.2) is 4.39 Å². The van der Waals surface area contributed by atoms with Crippen molar-refractivity contribution in [1.29, 1.82) is 0 Å². The second kappa shape index (κ2) is 4.80. The first kappa shape index (κ1) is 11.8. The van der Waals surface area contributed by atoms with E-state index in [9.17, 15) is 4.39 Å². The highest BCUT2D eigenvalue weighted by atomic mass is 19.1. The quantitative estimate of drug-likeness (QED) is 0.915. The molecule has 2 aromatic rings. The van der Waals surface area contributed by atoms with Crippen molar-refractivity contribution in [2.75, 3.05) is 12.1 Å². The summed E-state index contributed by atoms with van der Waals surface area (Å²) < 4.78 is 24.2. The zero-order chi connectivity index (χ0) is 13.2. The molecule has 3 rings (SSSR count). The number of fused-ring (bicyclic) bond motifs is 1. The van der Waals surface area contributed by atoms with Crippen LogP contribution >= 0.6 is 0 Å². The van der Waals surface area contributed by atoms with E-state index in [1.807, 2.05) is 31.2 Å². The van der Waals surface area contributed by atoms with Crippen LogP contribution in [0.2, 0.25) is 0 Å². The van der Waals surface area contributed by atoms with Crippen molar-refractivity contribution in [3.63, 3.8) is 0 Å². The molecule has 0 aliphatic carbocycles. The maximum atomic E-state index is 13.7. The van der Waals surface area contributed by atoms with Crippen LogP contribution in [0.4, 0.5) is 10.1 Å². The van der Waals surface area contributed by atoms with Crippen LogP contribution in [-0.2, 0) is 6.54 Å². The number of anilines is 1. The standard InChI is InChI=1S/C15H14FNO2/c1-10-2-4-13(12(16)6-10)17-8-11-3-5-14-15(7-11)19-9-18-14/h2-7,17H,8-9H2,1H3. The van der Waals surface area contributed by atoms with Gasteiger partial charge < -0.3 is 14.8 Å². The van der Waals surface area contributed by atoms with Gasteiger partial charge in [0.05, 0.1) is 5.69 Å². The molecule has 0 saturated carbocycles. The zero-order valence-electron chi connectivity index (χ0n) is 10.6. The fourth-order valence-electron chi connectivity index (χ4n) is 2.01. The average Bonchev–Trinajstić information content (AvgIpc) is 2.85. The molecule has 1 aliphatic heterocycles. The molecular formula is C15H14FNO2. The van der Waals surface area contributed by atoms with Crippen molar-refractivity contribution in [2.45, 2.75) is 13.5 Å². The Bertz CT molecular complexity index is 613. The van der Waals surface area contributed by atoms with Crippen LogP contribution in [0.25, 0.3) is 0 Å². The van der Waals surface area contributed by atoms with Crippen molar-refractivity contribution in [3.8, 4) is 11.5 Å². The van der Waals surface area contributed by atoms with Gasteiger partial charge in [-0.05, 0) is 42.3 Å². The lowest BCUT2D eigenvalue weighted by molar-refractivity contribution is 0.174. The average molecular weight is 259 g/mol. The summed E-state index contributed by atoms with van der Waals surface area (Å²) >= 11 is 0. The molecule has 19 heavy (non-hydrogen) atoms. The van der Waals surface area contributed by atoms with E-state index in [0.29, 0.717) is 12.2 Å². The van der Waals surface area contributed by atoms with Crippen LogP contribution in [0.1, 0.15) is 11.1 Å². The third-order valence-electron chi connectivity index (χ3n) is 3.04. The number of hydrogen-bond acceptors (Lipinski definition) is 3. The summed E-state index contributed by atoms with van der Waals surface area (Å²) in [5, 5.41) is 3.08. The Labute approximate surface area is 111 Å². The molecule has 0 atom stereocenters. The highest BCUT2D eigenvalue weighted by molar-refractivity contribution is 5.49. The van der Waals surface area contributed by atoms with Crippen LogP contribution in [0.15, 0.2) is 36.4 Å². The Morgan fingerprint density at radius 3 is 2.79 bits per heavy atom. The third-order valence-corrected chi connectivity index (χ3v) is 3.04. The normalized spacial score (nSPS) is 12.5. The van der Waals surface area contributed by atoms with Crippen molar-refractivity contribution in [1.82, 2.24) is 0 Å². The first-order valence-corrected chi connectivity index (χ1v) is 6.11. The van der Waals surface area contributed by atoms with Crippen LogP contribution in [0, 0.1) is 12.7 Å². The second-order valence-electron chi connectivity index (χ2n) is 4.52. The lowest BCUT2D eigenvalue weighted by Crippen LogP contribution is -2.01. The van der Waals surface area contributed by atoms with Gasteiger partial charge >= 0.3 is 0 Å². The van der Waals surface area contributed by atoms with Crippen LogP contribution in [0.3, 0.4) is 0 Å². The molecular weight excluding hydrogens is 245 g/mol.